The molecule has 0 saturated carbocycles. The summed E-state index contributed by atoms with van der Waals surface area (Å²) in [5.74, 6) is 0.385. The van der Waals surface area contributed by atoms with E-state index in [9.17, 15) is 9.59 Å². The van der Waals surface area contributed by atoms with Gasteiger partial charge in [0, 0.05) is 18.5 Å². The molecular formula is C19H19N3O3S. The van der Waals surface area contributed by atoms with Crippen molar-refractivity contribution in [2.45, 2.75) is 25.5 Å². The summed E-state index contributed by atoms with van der Waals surface area (Å²) in [6.07, 6.45) is 2.18. The molecule has 2 aromatic heterocycles. The Morgan fingerprint density at radius 1 is 1.35 bits per heavy atom. The smallest absolute Gasteiger partial charge is 0.264 e. The van der Waals surface area contributed by atoms with Crippen LogP contribution in [0, 0.1) is 0 Å². The first kappa shape index (κ1) is 16.9. The fourth-order valence-corrected chi connectivity index (χ4v) is 4.22. The van der Waals surface area contributed by atoms with E-state index in [0.29, 0.717) is 21.6 Å². The quantitative estimate of drug-likeness (QED) is 0.767. The number of hydrogen-bond donors (Lipinski definition) is 1. The minimum atomic E-state index is -0.191. The fourth-order valence-electron chi connectivity index (χ4n) is 3.14. The van der Waals surface area contributed by atoms with Crippen LogP contribution in [-0.2, 0) is 11.3 Å². The number of carbonyl (C=O) groups is 1. The van der Waals surface area contributed by atoms with Gasteiger partial charge >= 0.3 is 0 Å². The fraction of sp³-hybridized carbons (Fsp3) is 0.316. The highest BCUT2D eigenvalue weighted by molar-refractivity contribution is 7.14. The van der Waals surface area contributed by atoms with Gasteiger partial charge in [0.25, 0.3) is 11.5 Å². The van der Waals surface area contributed by atoms with Gasteiger partial charge in [0.1, 0.15) is 5.82 Å². The first-order valence-electron chi connectivity index (χ1n) is 8.56. The molecule has 3 aromatic rings. The Labute approximate surface area is 154 Å². The molecule has 1 atom stereocenters. The number of thiophene rings is 1. The number of carbonyl (C=O) groups excluding carboxylic acids is 1. The summed E-state index contributed by atoms with van der Waals surface area (Å²) in [6, 6.07) is 11.0. The monoisotopic (exact) mass is 369 g/mol. The number of aromatic amines is 1. The van der Waals surface area contributed by atoms with Crippen molar-refractivity contribution in [3.63, 3.8) is 0 Å². The van der Waals surface area contributed by atoms with Crippen LogP contribution in [0.25, 0.3) is 10.9 Å². The summed E-state index contributed by atoms with van der Waals surface area (Å²) in [5, 5.41) is 0.546. The van der Waals surface area contributed by atoms with Crippen molar-refractivity contribution < 1.29 is 9.53 Å². The predicted molar refractivity (Wildman–Crippen MR) is 100 cm³/mol. The molecule has 3 heterocycles. The number of nitrogens with zero attached hydrogens (tertiary/aromatic N) is 2. The molecule has 0 aliphatic carbocycles. The van der Waals surface area contributed by atoms with E-state index >= 15 is 0 Å². The van der Waals surface area contributed by atoms with Crippen molar-refractivity contribution >= 4 is 28.1 Å². The lowest BCUT2D eigenvalue weighted by Gasteiger charge is -2.15. The zero-order chi connectivity index (χ0) is 18.1. The average Bonchev–Trinajstić information content (AvgIpc) is 3.32. The highest BCUT2D eigenvalue weighted by Gasteiger charge is 2.22. The number of rotatable bonds is 4. The van der Waals surface area contributed by atoms with Gasteiger partial charge in [0.15, 0.2) is 0 Å². The molecule has 0 unspecified atom stereocenters. The van der Waals surface area contributed by atoms with Crippen molar-refractivity contribution in [2.24, 2.45) is 0 Å². The molecule has 1 amide bonds. The molecule has 134 valence electrons. The first-order valence-corrected chi connectivity index (χ1v) is 9.38. The van der Waals surface area contributed by atoms with Crippen molar-refractivity contribution in [3.05, 3.63) is 62.3 Å². The van der Waals surface area contributed by atoms with E-state index in [0.717, 1.165) is 24.3 Å². The molecule has 0 bridgehead atoms. The summed E-state index contributed by atoms with van der Waals surface area (Å²) < 4.78 is 5.68. The summed E-state index contributed by atoms with van der Waals surface area (Å²) >= 11 is 1.47. The SMILES string of the molecule is CN(Cc1nc2ccccc2c(=O)[nH]1)C(=O)c1ccc([C@H]2CCCO2)s1. The predicted octanol–water partition coefficient (Wildman–Crippen LogP) is 3.11. The Bertz CT molecular complexity index is 1000. The highest BCUT2D eigenvalue weighted by atomic mass is 32.1. The Morgan fingerprint density at radius 2 is 2.19 bits per heavy atom. The molecule has 1 fully saturated rings. The average molecular weight is 369 g/mol. The molecule has 0 spiro atoms. The topological polar surface area (TPSA) is 75.3 Å². The number of aromatic nitrogens is 2. The van der Waals surface area contributed by atoms with Crippen LogP contribution < -0.4 is 5.56 Å². The third-order valence-electron chi connectivity index (χ3n) is 4.48. The normalized spacial score (nSPS) is 16.9. The molecule has 0 radical (unpaired) electrons. The number of para-hydroxylation sites is 1. The second kappa shape index (κ2) is 7.01. The molecule has 1 saturated heterocycles. The number of ether oxygens (including phenoxy) is 1. The van der Waals surface area contributed by atoms with Crippen LogP contribution in [0.1, 0.15) is 39.3 Å². The van der Waals surface area contributed by atoms with Gasteiger partial charge < -0.3 is 14.6 Å². The van der Waals surface area contributed by atoms with Crippen molar-refractivity contribution in [1.29, 1.82) is 0 Å². The Balaban J connectivity index is 1.51. The lowest BCUT2D eigenvalue weighted by Crippen LogP contribution is -2.27. The molecule has 1 N–H and O–H groups in total. The lowest BCUT2D eigenvalue weighted by molar-refractivity contribution is 0.0786. The largest absolute Gasteiger partial charge is 0.373 e. The van der Waals surface area contributed by atoms with Crippen LogP contribution in [0.3, 0.4) is 0 Å². The number of amides is 1. The third kappa shape index (κ3) is 3.27. The van der Waals surface area contributed by atoms with Gasteiger partial charge in [-0.2, -0.15) is 0 Å². The van der Waals surface area contributed by atoms with E-state index in [-0.39, 0.29) is 24.1 Å². The Kier molecular flexibility index (Phi) is 4.57. The molecule has 4 rings (SSSR count). The number of fused-ring (bicyclic) bond motifs is 1. The minimum absolute atomic E-state index is 0.0879. The molecule has 1 aliphatic rings. The molecule has 7 heteroatoms. The summed E-state index contributed by atoms with van der Waals surface area (Å²) in [4.78, 5) is 35.4. The van der Waals surface area contributed by atoms with Gasteiger partial charge in [-0.05, 0) is 37.1 Å². The van der Waals surface area contributed by atoms with Gasteiger partial charge in [-0.25, -0.2) is 4.98 Å². The van der Waals surface area contributed by atoms with Gasteiger partial charge in [0.05, 0.1) is 28.4 Å². The van der Waals surface area contributed by atoms with Crippen molar-refractivity contribution in [3.8, 4) is 0 Å². The van der Waals surface area contributed by atoms with Gasteiger partial charge in [-0.1, -0.05) is 12.1 Å². The Hall–Kier alpha value is -2.51. The van der Waals surface area contributed by atoms with E-state index in [1.807, 2.05) is 18.2 Å². The minimum Gasteiger partial charge on any atom is -0.373 e. The second-order valence-corrected chi connectivity index (χ2v) is 7.51. The maximum absolute atomic E-state index is 12.7. The van der Waals surface area contributed by atoms with E-state index in [1.54, 1.807) is 30.1 Å². The lowest BCUT2D eigenvalue weighted by atomic mass is 10.2. The third-order valence-corrected chi connectivity index (χ3v) is 5.65. The van der Waals surface area contributed by atoms with Gasteiger partial charge in [-0.3, -0.25) is 9.59 Å². The molecule has 1 aliphatic heterocycles. The molecule has 26 heavy (non-hydrogen) atoms. The van der Waals surface area contributed by atoms with E-state index in [2.05, 4.69) is 9.97 Å². The molecule has 6 nitrogen and oxygen atoms in total. The first-order chi connectivity index (χ1) is 12.6. The number of nitrogens with one attached hydrogen (secondary N) is 1. The van der Waals surface area contributed by atoms with Crippen molar-refractivity contribution in [2.75, 3.05) is 13.7 Å². The maximum Gasteiger partial charge on any atom is 0.264 e. The van der Waals surface area contributed by atoms with Crippen LogP contribution in [0.2, 0.25) is 0 Å². The van der Waals surface area contributed by atoms with E-state index in [4.69, 9.17) is 4.74 Å². The maximum atomic E-state index is 12.7. The summed E-state index contributed by atoms with van der Waals surface area (Å²) in [7, 11) is 1.71. The Morgan fingerprint density at radius 3 is 3.00 bits per heavy atom. The van der Waals surface area contributed by atoms with Crippen LogP contribution >= 0.6 is 11.3 Å². The van der Waals surface area contributed by atoms with Crippen LogP contribution in [0.4, 0.5) is 0 Å². The standard InChI is InChI=1S/C19H19N3O3S/c1-22(11-17-20-13-6-3-2-5-12(13)18(23)21-17)19(24)16-9-8-15(26-16)14-7-4-10-25-14/h2-3,5-6,8-9,14H,4,7,10-11H2,1H3,(H,20,21,23)/t14-/m1/s1. The van der Waals surface area contributed by atoms with E-state index < -0.39 is 0 Å². The summed E-state index contributed by atoms with van der Waals surface area (Å²) in [6.45, 7) is 1.03. The van der Waals surface area contributed by atoms with Crippen LogP contribution in [-0.4, -0.2) is 34.4 Å². The number of benzene rings is 1. The van der Waals surface area contributed by atoms with Crippen molar-refractivity contribution in [1.82, 2.24) is 14.9 Å². The zero-order valence-corrected chi connectivity index (χ0v) is 15.2. The number of H-pyrrole nitrogens is 1. The van der Waals surface area contributed by atoms with E-state index in [1.165, 1.54) is 11.3 Å². The van der Waals surface area contributed by atoms with Gasteiger partial charge in [-0.15, -0.1) is 11.3 Å². The van der Waals surface area contributed by atoms with Crippen LogP contribution in [0.5, 0.6) is 0 Å². The summed E-state index contributed by atoms with van der Waals surface area (Å²) in [5.41, 5.74) is 0.437. The highest BCUT2D eigenvalue weighted by Crippen LogP contribution is 2.33. The van der Waals surface area contributed by atoms with Gasteiger partial charge in [0.2, 0.25) is 0 Å². The zero-order valence-electron chi connectivity index (χ0n) is 14.4. The molecular weight excluding hydrogens is 350 g/mol. The second-order valence-electron chi connectivity index (χ2n) is 6.39. The number of hydrogen-bond acceptors (Lipinski definition) is 5. The van der Waals surface area contributed by atoms with Crippen LogP contribution in [0.15, 0.2) is 41.2 Å². The molecule has 1 aromatic carbocycles.